The lowest BCUT2D eigenvalue weighted by atomic mass is 9.95. The molecule has 0 heterocycles. The molecule has 98 valence electrons. The molecule has 0 spiro atoms. The predicted octanol–water partition coefficient (Wildman–Crippen LogP) is 3.11. The molecular formula is C15H21NO2. The Bertz CT molecular complexity index is 411. The van der Waals surface area contributed by atoms with Crippen LogP contribution in [0.25, 0.3) is 0 Å². The number of carboxylic acid groups (broad SMARTS) is 1. The van der Waals surface area contributed by atoms with Crippen molar-refractivity contribution in [3.05, 3.63) is 29.8 Å². The zero-order chi connectivity index (χ0) is 13.1. The van der Waals surface area contributed by atoms with Crippen LogP contribution in [0.5, 0.6) is 0 Å². The summed E-state index contributed by atoms with van der Waals surface area (Å²) in [4.78, 5) is 12.8. The van der Waals surface area contributed by atoms with E-state index < -0.39 is 5.97 Å². The molecule has 2 unspecified atom stereocenters. The fourth-order valence-electron chi connectivity index (χ4n) is 2.85. The minimum Gasteiger partial charge on any atom is -0.481 e. The van der Waals surface area contributed by atoms with Gasteiger partial charge >= 0.3 is 5.97 Å². The summed E-state index contributed by atoms with van der Waals surface area (Å²) in [5, 5.41) is 8.82. The molecule has 0 aromatic heterocycles. The molecule has 1 fully saturated rings. The molecule has 3 heteroatoms. The maximum Gasteiger partial charge on any atom is 0.303 e. The second-order valence-electron chi connectivity index (χ2n) is 5.46. The summed E-state index contributed by atoms with van der Waals surface area (Å²) in [7, 11) is 4.07. The highest BCUT2D eigenvalue weighted by Gasteiger charge is 2.27. The maximum absolute atomic E-state index is 10.7. The van der Waals surface area contributed by atoms with E-state index >= 15 is 0 Å². The van der Waals surface area contributed by atoms with Crippen LogP contribution in [0.3, 0.4) is 0 Å². The molecule has 0 bridgehead atoms. The summed E-state index contributed by atoms with van der Waals surface area (Å²) >= 11 is 0. The Hall–Kier alpha value is -1.51. The zero-order valence-electron chi connectivity index (χ0n) is 11.1. The fraction of sp³-hybridized carbons (Fsp3) is 0.533. The molecule has 0 aliphatic heterocycles. The first-order chi connectivity index (χ1) is 8.56. The van der Waals surface area contributed by atoms with Gasteiger partial charge in [0, 0.05) is 26.2 Å². The highest BCUT2D eigenvalue weighted by molar-refractivity contribution is 5.67. The van der Waals surface area contributed by atoms with Crippen LogP contribution in [0.2, 0.25) is 0 Å². The average molecular weight is 247 g/mol. The normalized spacial score (nSPS) is 23.0. The van der Waals surface area contributed by atoms with Gasteiger partial charge in [-0.3, -0.25) is 4.79 Å². The second-order valence-corrected chi connectivity index (χ2v) is 5.46. The lowest BCUT2D eigenvalue weighted by Crippen LogP contribution is -2.08. The van der Waals surface area contributed by atoms with Crippen LogP contribution in [-0.4, -0.2) is 25.2 Å². The summed E-state index contributed by atoms with van der Waals surface area (Å²) in [6.45, 7) is 0. The summed E-state index contributed by atoms with van der Waals surface area (Å²) in [5.41, 5.74) is 2.56. The number of nitrogens with zero attached hydrogens (tertiary/aromatic N) is 1. The van der Waals surface area contributed by atoms with Crippen LogP contribution in [0.15, 0.2) is 24.3 Å². The Morgan fingerprint density at radius 2 is 1.94 bits per heavy atom. The largest absolute Gasteiger partial charge is 0.481 e. The number of anilines is 1. The van der Waals surface area contributed by atoms with Gasteiger partial charge in [0.1, 0.15) is 0 Å². The molecule has 2 atom stereocenters. The Balaban J connectivity index is 1.98. The van der Waals surface area contributed by atoms with Crippen LogP contribution in [0.1, 0.15) is 37.2 Å². The average Bonchev–Trinajstić information content (AvgIpc) is 2.76. The van der Waals surface area contributed by atoms with Crippen LogP contribution in [-0.2, 0) is 4.79 Å². The van der Waals surface area contributed by atoms with Crippen molar-refractivity contribution in [3.63, 3.8) is 0 Å². The lowest BCUT2D eigenvalue weighted by Gasteiger charge is -2.15. The van der Waals surface area contributed by atoms with Gasteiger partial charge in [-0.2, -0.15) is 0 Å². The van der Waals surface area contributed by atoms with Crippen LogP contribution in [0, 0.1) is 5.92 Å². The van der Waals surface area contributed by atoms with Gasteiger partial charge in [0.15, 0.2) is 0 Å². The first-order valence-electron chi connectivity index (χ1n) is 6.55. The van der Waals surface area contributed by atoms with Gasteiger partial charge in [0.05, 0.1) is 0 Å². The molecular weight excluding hydrogens is 226 g/mol. The molecule has 1 aliphatic carbocycles. The van der Waals surface area contributed by atoms with Crippen molar-refractivity contribution in [3.8, 4) is 0 Å². The molecule has 0 radical (unpaired) electrons. The number of hydrogen-bond donors (Lipinski definition) is 1. The van der Waals surface area contributed by atoms with Gasteiger partial charge in [0.2, 0.25) is 0 Å². The number of hydrogen-bond acceptors (Lipinski definition) is 2. The summed E-state index contributed by atoms with van der Waals surface area (Å²) in [6, 6.07) is 8.64. The molecule has 18 heavy (non-hydrogen) atoms. The van der Waals surface area contributed by atoms with Gasteiger partial charge < -0.3 is 10.0 Å². The van der Waals surface area contributed by atoms with Crippen molar-refractivity contribution < 1.29 is 9.90 Å². The number of benzene rings is 1. The molecule has 1 aliphatic rings. The summed E-state index contributed by atoms with van der Waals surface area (Å²) in [6.07, 6.45) is 3.52. The smallest absolute Gasteiger partial charge is 0.303 e. The Labute approximate surface area is 108 Å². The van der Waals surface area contributed by atoms with Crippen molar-refractivity contribution in [2.24, 2.45) is 5.92 Å². The molecule has 0 amide bonds. The number of carbonyl (C=O) groups is 1. The minimum absolute atomic E-state index is 0.326. The van der Waals surface area contributed by atoms with E-state index in [1.54, 1.807) is 0 Å². The third-order valence-corrected chi connectivity index (χ3v) is 3.89. The quantitative estimate of drug-likeness (QED) is 0.888. The SMILES string of the molecule is CN(C)c1ccc(C2CCC(CC(=O)O)C2)cc1. The van der Waals surface area contributed by atoms with E-state index in [1.165, 1.54) is 11.3 Å². The number of aliphatic carboxylic acids is 1. The third-order valence-electron chi connectivity index (χ3n) is 3.89. The van der Waals surface area contributed by atoms with E-state index in [4.69, 9.17) is 5.11 Å². The fourth-order valence-corrected chi connectivity index (χ4v) is 2.85. The number of rotatable bonds is 4. The third kappa shape index (κ3) is 3.03. The van der Waals surface area contributed by atoms with Crippen molar-refractivity contribution in [1.29, 1.82) is 0 Å². The Morgan fingerprint density at radius 3 is 2.50 bits per heavy atom. The highest BCUT2D eigenvalue weighted by atomic mass is 16.4. The zero-order valence-corrected chi connectivity index (χ0v) is 11.1. The first-order valence-corrected chi connectivity index (χ1v) is 6.55. The van der Waals surface area contributed by atoms with Gasteiger partial charge in [0.25, 0.3) is 0 Å². The van der Waals surface area contributed by atoms with Crippen molar-refractivity contribution >= 4 is 11.7 Å². The van der Waals surface area contributed by atoms with E-state index in [0.29, 0.717) is 18.3 Å². The topological polar surface area (TPSA) is 40.5 Å². The predicted molar refractivity (Wildman–Crippen MR) is 73.1 cm³/mol. The molecule has 1 saturated carbocycles. The van der Waals surface area contributed by atoms with Gasteiger partial charge in [-0.25, -0.2) is 0 Å². The van der Waals surface area contributed by atoms with Crippen molar-refractivity contribution in [2.45, 2.75) is 31.6 Å². The van der Waals surface area contributed by atoms with E-state index in [1.807, 2.05) is 14.1 Å². The molecule has 0 saturated heterocycles. The summed E-state index contributed by atoms with van der Waals surface area (Å²) in [5.74, 6) is 0.246. The molecule has 2 rings (SSSR count). The van der Waals surface area contributed by atoms with Gasteiger partial charge in [-0.1, -0.05) is 12.1 Å². The van der Waals surface area contributed by atoms with E-state index in [9.17, 15) is 4.79 Å². The molecule has 1 aromatic carbocycles. The molecule has 3 nitrogen and oxygen atoms in total. The highest BCUT2D eigenvalue weighted by Crippen LogP contribution is 2.40. The van der Waals surface area contributed by atoms with Crippen molar-refractivity contribution in [1.82, 2.24) is 0 Å². The van der Waals surface area contributed by atoms with E-state index in [-0.39, 0.29) is 0 Å². The van der Waals surface area contributed by atoms with Crippen LogP contribution >= 0.6 is 0 Å². The van der Waals surface area contributed by atoms with Gasteiger partial charge in [-0.15, -0.1) is 0 Å². The minimum atomic E-state index is -0.663. The monoisotopic (exact) mass is 247 g/mol. The Kier molecular flexibility index (Phi) is 3.90. The standard InChI is InChI=1S/C15H21NO2/c1-16(2)14-7-5-12(6-8-14)13-4-3-11(9-13)10-15(17)18/h5-8,11,13H,3-4,9-10H2,1-2H3,(H,17,18). The molecule has 1 aromatic rings. The van der Waals surface area contributed by atoms with Crippen LogP contribution in [0.4, 0.5) is 5.69 Å². The van der Waals surface area contributed by atoms with Gasteiger partial charge in [-0.05, 0) is 48.8 Å². The molecule has 1 N–H and O–H groups in total. The first kappa shape index (κ1) is 12.9. The maximum atomic E-state index is 10.7. The summed E-state index contributed by atoms with van der Waals surface area (Å²) < 4.78 is 0. The Morgan fingerprint density at radius 1 is 1.28 bits per heavy atom. The van der Waals surface area contributed by atoms with E-state index in [0.717, 1.165) is 19.3 Å². The van der Waals surface area contributed by atoms with Crippen molar-refractivity contribution in [2.75, 3.05) is 19.0 Å². The second kappa shape index (κ2) is 5.42. The number of carboxylic acids is 1. The van der Waals surface area contributed by atoms with E-state index in [2.05, 4.69) is 29.2 Å². The lowest BCUT2D eigenvalue weighted by molar-refractivity contribution is -0.138. The van der Waals surface area contributed by atoms with Crippen LogP contribution < -0.4 is 4.90 Å².